The van der Waals surface area contributed by atoms with E-state index in [4.69, 9.17) is 4.74 Å². The Hall–Kier alpha value is -3.92. The number of carbonyl (C=O) groups is 2. The zero-order valence-corrected chi connectivity index (χ0v) is 24.2. The number of anilines is 1. The van der Waals surface area contributed by atoms with Gasteiger partial charge in [-0.05, 0) is 81.3 Å². The molecule has 0 bridgehead atoms. The van der Waals surface area contributed by atoms with Gasteiger partial charge in [0.15, 0.2) is 0 Å². The number of ether oxygens (including phenoxy) is 1. The molecule has 40 heavy (non-hydrogen) atoms. The SMILES string of the molecule is CCC(C)NC(=O)C(C)N(Cc1ccc(OC)cc1)C(=O)CN(c1ccc(C)cc1)S(=O)(=O)c1ccc(F)cc1. The van der Waals surface area contributed by atoms with E-state index in [9.17, 15) is 22.4 Å². The summed E-state index contributed by atoms with van der Waals surface area (Å²) in [4.78, 5) is 28.2. The Morgan fingerprint density at radius 1 is 0.950 bits per heavy atom. The van der Waals surface area contributed by atoms with Crippen LogP contribution in [0.2, 0.25) is 0 Å². The van der Waals surface area contributed by atoms with E-state index in [0.717, 1.165) is 39.7 Å². The Labute approximate surface area is 235 Å². The molecule has 2 unspecified atom stereocenters. The van der Waals surface area contributed by atoms with E-state index in [1.54, 1.807) is 62.6 Å². The molecule has 1 N–H and O–H groups in total. The van der Waals surface area contributed by atoms with Crippen molar-refractivity contribution in [3.8, 4) is 5.75 Å². The highest BCUT2D eigenvalue weighted by Crippen LogP contribution is 2.25. The second kappa shape index (κ2) is 13.4. The van der Waals surface area contributed by atoms with E-state index in [-0.39, 0.29) is 29.1 Å². The van der Waals surface area contributed by atoms with Crippen LogP contribution in [-0.2, 0) is 26.2 Å². The molecule has 2 amide bonds. The third-order valence-corrected chi connectivity index (χ3v) is 8.47. The molecule has 3 aromatic carbocycles. The lowest BCUT2D eigenvalue weighted by Crippen LogP contribution is -2.52. The lowest BCUT2D eigenvalue weighted by Gasteiger charge is -2.32. The first-order valence-corrected chi connectivity index (χ1v) is 14.5. The summed E-state index contributed by atoms with van der Waals surface area (Å²) in [6.07, 6.45) is 0.710. The van der Waals surface area contributed by atoms with E-state index in [0.29, 0.717) is 12.2 Å². The van der Waals surface area contributed by atoms with Crippen LogP contribution in [-0.4, -0.2) is 50.9 Å². The van der Waals surface area contributed by atoms with Crippen LogP contribution in [0.15, 0.2) is 77.7 Å². The van der Waals surface area contributed by atoms with Crippen LogP contribution < -0.4 is 14.4 Å². The van der Waals surface area contributed by atoms with Crippen molar-refractivity contribution in [1.82, 2.24) is 10.2 Å². The Balaban J connectivity index is 2.01. The number of nitrogens with one attached hydrogen (secondary N) is 1. The van der Waals surface area contributed by atoms with Crippen molar-refractivity contribution in [2.45, 2.75) is 57.6 Å². The summed E-state index contributed by atoms with van der Waals surface area (Å²) >= 11 is 0. The van der Waals surface area contributed by atoms with E-state index in [1.165, 1.54) is 4.90 Å². The first-order valence-electron chi connectivity index (χ1n) is 13.0. The van der Waals surface area contributed by atoms with Gasteiger partial charge in [-0.1, -0.05) is 36.8 Å². The number of aryl methyl sites for hydroxylation is 1. The number of amides is 2. The van der Waals surface area contributed by atoms with Crippen LogP contribution in [0.25, 0.3) is 0 Å². The Morgan fingerprint density at radius 2 is 1.55 bits per heavy atom. The van der Waals surface area contributed by atoms with Gasteiger partial charge in [0.1, 0.15) is 24.2 Å². The Morgan fingerprint density at radius 3 is 2.10 bits per heavy atom. The summed E-state index contributed by atoms with van der Waals surface area (Å²) in [7, 11) is -2.71. The van der Waals surface area contributed by atoms with E-state index in [2.05, 4.69) is 5.32 Å². The third kappa shape index (κ3) is 7.59. The monoisotopic (exact) mass is 569 g/mol. The Kier molecular flexibility index (Phi) is 10.3. The summed E-state index contributed by atoms with van der Waals surface area (Å²) < 4.78 is 47.3. The molecule has 0 aliphatic heterocycles. The maximum Gasteiger partial charge on any atom is 0.264 e. The van der Waals surface area contributed by atoms with Crippen LogP contribution in [0, 0.1) is 12.7 Å². The maximum atomic E-state index is 13.9. The largest absolute Gasteiger partial charge is 0.497 e. The van der Waals surface area contributed by atoms with Crippen molar-refractivity contribution in [2.75, 3.05) is 18.0 Å². The molecule has 0 aromatic heterocycles. The van der Waals surface area contributed by atoms with Crippen molar-refractivity contribution >= 4 is 27.5 Å². The van der Waals surface area contributed by atoms with Crippen molar-refractivity contribution in [1.29, 1.82) is 0 Å². The molecule has 0 heterocycles. The normalized spacial score (nSPS) is 12.8. The minimum atomic E-state index is -4.26. The molecule has 214 valence electrons. The second-order valence-corrected chi connectivity index (χ2v) is 11.5. The summed E-state index contributed by atoms with van der Waals surface area (Å²) in [6, 6.07) is 17.2. The molecule has 0 spiro atoms. The van der Waals surface area contributed by atoms with E-state index >= 15 is 0 Å². The molecule has 3 rings (SSSR count). The number of hydrogen-bond acceptors (Lipinski definition) is 5. The number of sulfonamides is 1. The molecule has 0 aliphatic carbocycles. The van der Waals surface area contributed by atoms with Crippen LogP contribution in [0.4, 0.5) is 10.1 Å². The standard InChI is InChI=1S/C30H36FN3O5S/c1-6-22(3)32-30(36)23(4)33(19-24-9-15-27(39-5)16-10-24)29(35)20-34(26-13-7-21(2)8-14-26)40(37,38)28-17-11-25(31)12-18-28/h7-18,22-23H,6,19-20H2,1-5H3,(H,32,36). The zero-order valence-electron chi connectivity index (χ0n) is 23.4. The average molecular weight is 570 g/mol. The summed E-state index contributed by atoms with van der Waals surface area (Å²) in [5.41, 5.74) is 1.91. The van der Waals surface area contributed by atoms with Gasteiger partial charge < -0.3 is 15.0 Å². The third-order valence-electron chi connectivity index (χ3n) is 6.68. The summed E-state index contributed by atoms with van der Waals surface area (Å²) in [6.45, 7) is 6.78. The molecule has 0 saturated carbocycles. The first kappa shape index (κ1) is 30.6. The Bertz CT molecular complexity index is 1390. The molecule has 2 atom stereocenters. The van der Waals surface area contributed by atoms with Gasteiger partial charge in [-0.3, -0.25) is 13.9 Å². The fraction of sp³-hybridized carbons (Fsp3) is 0.333. The highest BCUT2D eigenvalue weighted by atomic mass is 32.2. The molecule has 0 saturated heterocycles. The zero-order chi connectivity index (χ0) is 29.4. The summed E-state index contributed by atoms with van der Waals surface area (Å²) in [5, 5.41) is 2.90. The van der Waals surface area contributed by atoms with Crippen molar-refractivity contribution in [3.63, 3.8) is 0 Å². The molecule has 8 nitrogen and oxygen atoms in total. The number of methoxy groups -OCH3 is 1. The molecule has 0 fully saturated rings. The van der Waals surface area contributed by atoms with Crippen LogP contribution in [0.1, 0.15) is 38.3 Å². The van der Waals surface area contributed by atoms with Crippen LogP contribution >= 0.6 is 0 Å². The van der Waals surface area contributed by atoms with Gasteiger partial charge in [0.05, 0.1) is 17.7 Å². The molecular weight excluding hydrogens is 533 g/mol. The van der Waals surface area contributed by atoms with Crippen molar-refractivity contribution in [2.24, 2.45) is 0 Å². The molecular formula is C30H36FN3O5S. The molecule has 3 aromatic rings. The minimum absolute atomic E-state index is 0.0657. The number of rotatable bonds is 12. The lowest BCUT2D eigenvalue weighted by atomic mass is 10.1. The number of nitrogens with zero attached hydrogens (tertiary/aromatic N) is 2. The highest BCUT2D eigenvalue weighted by molar-refractivity contribution is 7.92. The smallest absolute Gasteiger partial charge is 0.264 e. The van der Waals surface area contributed by atoms with Gasteiger partial charge in [-0.25, -0.2) is 12.8 Å². The number of carbonyl (C=O) groups excluding carboxylic acids is 2. The van der Waals surface area contributed by atoms with Gasteiger partial charge in [0.25, 0.3) is 10.0 Å². The fourth-order valence-electron chi connectivity index (χ4n) is 3.95. The maximum absolute atomic E-state index is 13.9. The predicted molar refractivity (Wildman–Crippen MR) is 153 cm³/mol. The van der Waals surface area contributed by atoms with E-state index in [1.807, 2.05) is 20.8 Å². The fourth-order valence-corrected chi connectivity index (χ4v) is 5.36. The van der Waals surface area contributed by atoms with Crippen LogP contribution in [0.3, 0.4) is 0 Å². The predicted octanol–water partition coefficient (Wildman–Crippen LogP) is 4.67. The van der Waals surface area contributed by atoms with Crippen molar-refractivity contribution in [3.05, 3.63) is 89.7 Å². The quantitative estimate of drug-likeness (QED) is 0.342. The van der Waals surface area contributed by atoms with Crippen molar-refractivity contribution < 1.29 is 27.1 Å². The molecule has 10 heteroatoms. The van der Waals surface area contributed by atoms with Gasteiger partial charge >= 0.3 is 0 Å². The van der Waals surface area contributed by atoms with E-state index < -0.39 is 34.3 Å². The minimum Gasteiger partial charge on any atom is -0.497 e. The number of halogens is 1. The first-order chi connectivity index (χ1) is 19.0. The van der Waals surface area contributed by atoms with Gasteiger partial charge in [0.2, 0.25) is 11.8 Å². The lowest BCUT2D eigenvalue weighted by molar-refractivity contribution is -0.139. The van der Waals surface area contributed by atoms with Gasteiger partial charge in [-0.15, -0.1) is 0 Å². The average Bonchev–Trinajstić information content (AvgIpc) is 2.95. The van der Waals surface area contributed by atoms with Gasteiger partial charge in [-0.2, -0.15) is 0 Å². The highest BCUT2D eigenvalue weighted by Gasteiger charge is 2.32. The topological polar surface area (TPSA) is 96.0 Å². The van der Waals surface area contributed by atoms with Gasteiger partial charge in [0, 0.05) is 12.6 Å². The second-order valence-electron chi connectivity index (χ2n) is 9.66. The van der Waals surface area contributed by atoms with Crippen LogP contribution in [0.5, 0.6) is 5.75 Å². The number of benzene rings is 3. The molecule has 0 radical (unpaired) electrons. The molecule has 0 aliphatic rings. The number of hydrogen-bond donors (Lipinski definition) is 1. The summed E-state index contributed by atoms with van der Waals surface area (Å²) in [5.74, 6) is -0.864.